The van der Waals surface area contributed by atoms with Crippen LogP contribution in [-0.2, 0) is 16.6 Å². The van der Waals surface area contributed by atoms with E-state index in [4.69, 9.17) is 11.6 Å². The van der Waals surface area contributed by atoms with Gasteiger partial charge >= 0.3 is 5.97 Å². The number of nitrogens with zero attached hydrogens (tertiary/aromatic N) is 3. The number of hydrogen-bond donors (Lipinski definition) is 2. The third kappa shape index (κ3) is 4.47. The van der Waals surface area contributed by atoms with Crippen LogP contribution >= 0.6 is 22.9 Å². The van der Waals surface area contributed by atoms with Crippen molar-refractivity contribution in [3.05, 3.63) is 69.0 Å². The second-order valence-corrected chi connectivity index (χ2v) is 9.76. The maximum absolute atomic E-state index is 15.1. The standard InChI is InChI=1S/C24H20ClFN4O2S/c1-24(2,20-4-3-5-33-20)14(8-21(31)32)7-19-18(26)6-13(10-27)22(30-19)17-12-29-23-16(17)9-15(25)11-28-23/h3-6,9,11-12,14H,7-8H2,1-2H3,(H,28,29)(H,31,32). The van der Waals surface area contributed by atoms with E-state index in [-0.39, 0.29) is 24.1 Å². The molecule has 1 unspecified atom stereocenters. The number of thiophene rings is 1. The lowest BCUT2D eigenvalue weighted by Crippen LogP contribution is -2.32. The van der Waals surface area contributed by atoms with Gasteiger partial charge in [-0.25, -0.2) is 14.4 Å². The third-order valence-electron chi connectivity index (χ3n) is 5.96. The highest BCUT2D eigenvalue weighted by Crippen LogP contribution is 2.39. The van der Waals surface area contributed by atoms with Crippen LogP contribution in [0.5, 0.6) is 0 Å². The van der Waals surface area contributed by atoms with Gasteiger partial charge in [-0.15, -0.1) is 11.3 Å². The zero-order valence-corrected chi connectivity index (χ0v) is 19.5. The molecule has 4 aromatic heterocycles. The number of nitriles is 1. The molecule has 9 heteroatoms. The number of halogens is 2. The van der Waals surface area contributed by atoms with Gasteiger partial charge in [0.1, 0.15) is 17.5 Å². The SMILES string of the molecule is CC(C)(c1cccs1)C(CC(=O)O)Cc1nc(-c2c[nH]c3ncc(Cl)cc23)c(C#N)cc1F. The van der Waals surface area contributed by atoms with Crippen LogP contribution < -0.4 is 0 Å². The Bertz CT molecular complexity index is 1380. The molecule has 168 valence electrons. The van der Waals surface area contributed by atoms with Gasteiger partial charge in [-0.3, -0.25) is 4.79 Å². The summed E-state index contributed by atoms with van der Waals surface area (Å²) < 4.78 is 15.1. The minimum Gasteiger partial charge on any atom is -0.481 e. The first-order valence-electron chi connectivity index (χ1n) is 10.2. The van der Waals surface area contributed by atoms with Crippen molar-refractivity contribution < 1.29 is 14.3 Å². The average Bonchev–Trinajstić information content (AvgIpc) is 3.44. The van der Waals surface area contributed by atoms with Crippen molar-refractivity contribution in [2.24, 2.45) is 5.92 Å². The van der Waals surface area contributed by atoms with Gasteiger partial charge in [-0.2, -0.15) is 5.26 Å². The summed E-state index contributed by atoms with van der Waals surface area (Å²) in [4.78, 5) is 24.4. The normalized spacial score (nSPS) is 12.6. The Hall–Kier alpha value is -3.28. The molecule has 0 aliphatic carbocycles. The molecule has 0 radical (unpaired) electrons. The van der Waals surface area contributed by atoms with Crippen LogP contribution in [0.25, 0.3) is 22.3 Å². The number of carboxylic acids is 1. The van der Waals surface area contributed by atoms with Crippen molar-refractivity contribution in [3.63, 3.8) is 0 Å². The van der Waals surface area contributed by atoms with Gasteiger partial charge in [-0.1, -0.05) is 31.5 Å². The van der Waals surface area contributed by atoms with Crippen molar-refractivity contribution in [1.82, 2.24) is 15.0 Å². The molecule has 0 aliphatic rings. The van der Waals surface area contributed by atoms with E-state index in [9.17, 15) is 15.2 Å². The van der Waals surface area contributed by atoms with Crippen molar-refractivity contribution in [3.8, 4) is 17.3 Å². The molecule has 0 fully saturated rings. The van der Waals surface area contributed by atoms with E-state index in [1.165, 1.54) is 17.5 Å². The zero-order chi connectivity index (χ0) is 23.8. The molecule has 0 amide bonds. The number of aromatic amines is 1. The number of H-pyrrole nitrogens is 1. The summed E-state index contributed by atoms with van der Waals surface area (Å²) in [5, 5.41) is 22.2. The molecule has 1 atom stereocenters. The topological polar surface area (TPSA) is 103 Å². The summed E-state index contributed by atoms with van der Waals surface area (Å²) in [7, 11) is 0. The van der Waals surface area contributed by atoms with Crippen LogP contribution in [0.4, 0.5) is 4.39 Å². The fraction of sp³-hybridized carbons (Fsp3) is 0.250. The van der Waals surface area contributed by atoms with Gasteiger partial charge in [0.15, 0.2) is 0 Å². The lowest BCUT2D eigenvalue weighted by Gasteiger charge is -2.33. The molecule has 0 bridgehead atoms. The van der Waals surface area contributed by atoms with Crippen LogP contribution in [0.3, 0.4) is 0 Å². The number of fused-ring (bicyclic) bond motifs is 1. The molecule has 0 saturated heterocycles. The number of hydrogen-bond acceptors (Lipinski definition) is 5. The number of pyridine rings is 2. The number of carbonyl (C=O) groups is 1. The van der Waals surface area contributed by atoms with Gasteiger partial charge in [0.2, 0.25) is 0 Å². The molecule has 6 nitrogen and oxygen atoms in total. The van der Waals surface area contributed by atoms with E-state index in [1.54, 1.807) is 12.3 Å². The van der Waals surface area contributed by atoms with Gasteiger partial charge in [0.05, 0.1) is 22.0 Å². The van der Waals surface area contributed by atoms with Crippen molar-refractivity contribution in [1.29, 1.82) is 5.26 Å². The molecule has 0 aromatic carbocycles. The lowest BCUT2D eigenvalue weighted by molar-refractivity contribution is -0.138. The summed E-state index contributed by atoms with van der Waals surface area (Å²) in [6, 6.07) is 8.73. The first kappa shape index (κ1) is 22.9. The minimum absolute atomic E-state index is 0.0735. The van der Waals surface area contributed by atoms with Crippen molar-refractivity contribution >= 4 is 39.9 Å². The minimum atomic E-state index is -0.962. The van der Waals surface area contributed by atoms with Crippen molar-refractivity contribution in [2.45, 2.75) is 32.1 Å². The summed E-state index contributed by atoms with van der Waals surface area (Å²) in [6.45, 7) is 3.92. The smallest absolute Gasteiger partial charge is 0.303 e. The Morgan fingerprint density at radius 1 is 1.42 bits per heavy atom. The first-order valence-corrected chi connectivity index (χ1v) is 11.4. The van der Waals surface area contributed by atoms with E-state index >= 15 is 4.39 Å². The molecular formula is C24H20ClFN4O2S. The van der Waals surface area contributed by atoms with Crippen LogP contribution in [0.2, 0.25) is 5.02 Å². The highest BCUT2D eigenvalue weighted by atomic mass is 35.5. The summed E-state index contributed by atoms with van der Waals surface area (Å²) in [5.74, 6) is -2.02. The molecule has 4 heterocycles. The highest BCUT2D eigenvalue weighted by molar-refractivity contribution is 7.10. The number of carboxylic acid groups (broad SMARTS) is 1. The molecule has 33 heavy (non-hydrogen) atoms. The van der Waals surface area contributed by atoms with Gasteiger partial charge in [0.25, 0.3) is 0 Å². The van der Waals surface area contributed by atoms with E-state index in [0.717, 1.165) is 10.9 Å². The lowest BCUT2D eigenvalue weighted by atomic mass is 9.73. The third-order valence-corrected chi connectivity index (χ3v) is 7.38. The predicted molar refractivity (Wildman–Crippen MR) is 126 cm³/mol. The summed E-state index contributed by atoms with van der Waals surface area (Å²) in [5.41, 5.74) is 1.10. The first-order chi connectivity index (χ1) is 15.7. The highest BCUT2D eigenvalue weighted by Gasteiger charge is 2.35. The van der Waals surface area contributed by atoms with Crippen LogP contribution in [0.15, 0.2) is 42.0 Å². The molecule has 4 rings (SSSR count). The second-order valence-electron chi connectivity index (χ2n) is 8.37. The van der Waals surface area contributed by atoms with Gasteiger partial charge in [-0.05, 0) is 35.9 Å². The Morgan fingerprint density at radius 2 is 2.21 bits per heavy atom. The summed E-state index contributed by atoms with van der Waals surface area (Å²) in [6.07, 6.45) is 3.11. The van der Waals surface area contributed by atoms with E-state index in [0.29, 0.717) is 27.3 Å². The maximum atomic E-state index is 15.1. The number of nitrogens with one attached hydrogen (secondary N) is 1. The predicted octanol–water partition coefficient (Wildman–Crippen LogP) is 5.96. The van der Waals surface area contributed by atoms with Crippen LogP contribution in [0, 0.1) is 23.1 Å². The quantitative estimate of drug-likeness (QED) is 0.338. The number of aliphatic carboxylic acids is 1. The van der Waals surface area contributed by atoms with E-state index < -0.39 is 23.1 Å². The fourth-order valence-electron chi connectivity index (χ4n) is 4.01. The molecule has 4 aromatic rings. The Morgan fingerprint density at radius 3 is 2.88 bits per heavy atom. The maximum Gasteiger partial charge on any atom is 0.303 e. The van der Waals surface area contributed by atoms with Gasteiger partial charge in [0, 0.05) is 40.1 Å². The molecular weight excluding hydrogens is 463 g/mol. The summed E-state index contributed by atoms with van der Waals surface area (Å²) >= 11 is 7.64. The Balaban J connectivity index is 1.81. The molecule has 0 saturated carbocycles. The van der Waals surface area contributed by atoms with Crippen LogP contribution in [0.1, 0.15) is 36.4 Å². The molecule has 2 N–H and O–H groups in total. The zero-order valence-electron chi connectivity index (χ0n) is 17.9. The largest absolute Gasteiger partial charge is 0.481 e. The van der Waals surface area contributed by atoms with E-state index in [2.05, 4.69) is 15.0 Å². The Kier molecular flexibility index (Phi) is 6.19. The Labute approximate surface area is 198 Å². The second kappa shape index (κ2) is 8.93. The monoisotopic (exact) mass is 482 g/mol. The molecule has 0 aliphatic heterocycles. The average molecular weight is 483 g/mol. The van der Waals surface area contributed by atoms with Gasteiger partial charge < -0.3 is 10.1 Å². The molecule has 0 spiro atoms. The van der Waals surface area contributed by atoms with Crippen LogP contribution in [-0.4, -0.2) is 26.0 Å². The van der Waals surface area contributed by atoms with E-state index in [1.807, 2.05) is 37.4 Å². The van der Waals surface area contributed by atoms with Crippen molar-refractivity contribution in [2.75, 3.05) is 0 Å². The fourth-order valence-corrected chi connectivity index (χ4v) is 5.10. The number of rotatable bonds is 7. The number of aromatic nitrogens is 3.